The zero-order valence-corrected chi connectivity index (χ0v) is 15.9. The number of carbonyl (C=O) groups is 2. The van der Waals surface area contributed by atoms with E-state index in [0.717, 1.165) is 35.0 Å². The molecule has 3 N–H and O–H groups in total. The molecule has 9 heteroatoms. The number of hydrogen-bond acceptors (Lipinski definition) is 5. The number of aromatic amines is 1. The van der Waals surface area contributed by atoms with E-state index in [4.69, 9.17) is 0 Å². The molecule has 0 saturated heterocycles. The van der Waals surface area contributed by atoms with Gasteiger partial charge in [0.1, 0.15) is 0 Å². The lowest BCUT2D eigenvalue weighted by atomic mass is 10.1. The van der Waals surface area contributed by atoms with Gasteiger partial charge in [-0.05, 0) is 37.5 Å². The minimum Gasteiger partial charge on any atom is -0.346 e. The van der Waals surface area contributed by atoms with Crippen LogP contribution in [0.25, 0.3) is 0 Å². The molecule has 2 amide bonds. The van der Waals surface area contributed by atoms with Crippen LogP contribution in [0, 0.1) is 13.8 Å². The molecule has 8 nitrogen and oxygen atoms in total. The lowest BCUT2D eigenvalue weighted by molar-refractivity contribution is -0.122. The number of thioether (sulfide) groups is 1. The Morgan fingerprint density at radius 3 is 2.77 bits per heavy atom. The molecule has 0 saturated carbocycles. The van der Waals surface area contributed by atoms with Crippen LogP contribution in [0.1, 0.15) is 24.5 Å². The van der Waals surface area contributed by atoms with Gasteiger partial charge in [0.05, 0.1) is 12.3 Å². The number of aryl methyl sites for hydroxylation is 1. The van der Waals surface area contributed by atoms with Gasteiger partial charge >= 0.3 is 5.69 Å². The van der Waals surface area contributed by atoms with Gasteiger partial charge in [0.25, 0.3) is 0 Å². The summed E-state index contributed by atoms with van der Waals surface area (Å²) in [6, 6.07) is 5.66. The summed E-state index contributed by atoms with van der Waals surface area (Å²) in [6.07, 6.45) is 0.789. The lowest BCUT2D eigenvalue weighted by Gasteiger charge is -2.11. The molecule has 26 heavy (non-hydrogen) atoms. The highest BCUT2D eigenvalue weighted by atomic mass is 32.2. The molecule has 0 fully saturated rings. The Hall–Kier alpha value is -2.55. The SMILES string of the molecule is CCCn1c(SCC(=O)NCC(=O)Nc2cccc(C)c2C)n[nH]c1=O. The molecule has 0 spiro atoms. The highest BCUT2D eigenvalue weighted by molar-refractivity contribution is 7.99. The average molecular weight is 377 g/mol. The molecule has 0 aliphatic carbocycles. The lowest BCUT2D eigenvalue weighted by Crippen LogP contribution is -2.34. The molecule has 2 aromatic rings. The molecule has 1 aromatic carbocycles. The zero-order chi connectivity index (χ0) is 19.1. The third-order valence-electron chi connectivity index (χ3n) is 3.83. The molecule has 1 heterocycles. The normalized spacial score (nSPS) is 10.6. The van der Waals surface area contributed by atoms with Crippen LogP contribution < -0.4 is 16.3 Å². The summed E-state index contributed by atoms with van der Waals surface area (Å²) in [7, 11) is 0. The highest BCUT2D eigenvalue weighted by Crippen LogP contribution is 2.17. The summed E-state index contributed by atoms with van der Waals surface area (Å²) in [5, 5.41) is 12.1. The van der Waals surface area contributed by atoms with Crippen molar-refractivity contribution in [1.29, 1.82) is 0 Å². The minimum absolute atomic E-state index is 0.0742. The number of anilines is 1. The summed E-state index contributed by atoms with van der Waals surface area (Å²) in [6.45, 7) is 6.28. The van der Waals surface area contributed by atoms with Crippen LogP contribution in [0.5, 0.6) is 0 Å². The standard InChI is InChI=1S/C17H23N5O3S/c1-4-8-22-16(25)20-21-17(22)26-10-15(24)18-9-14(23)19-13-7-5-6-11(2)12(13)3/h5-7H,4,8-10H2,1-3H3,(H,18,24)(H,19,23)(H,20,25). The summed E-state index contributed by atoms with van der Waals surface area (Å²) in [4.78, 5) is 35.5. The van der Waals surface area contributed by atoms with Gasteiger partial charge in [0.2, 0.25) is 11.8 Å². The second kappa shape index (κ2) is 9.23. The smallest absolute Gasteiger partial charge is 0.343 e. The maximum Gasteiger partial charge on any atom is 0.343 e. The molecule has 140 valence electrons. The van der Waals surface area contributed by atoms with Crippen LogP contribution in [-0.2, 0) is 16.1 Å². The van der Waals surface area contributed by atoms with Gasteiger partial charge in [-0.15, -0.1) is 5.10 Å². The fourth-order valence-corrected chi connectivity index (χ4v) is 3.08. The van der Waals surface area contributed by atoms with E-state index in [2.05, 4.69) is 20.8 Å². The second-order valence-corrected chi connectivity index (χ2v) is 6.77. The van der Waals surface area contributed by atoms with E-state index in [0.29, 0.717) is 11.7 Å². The number of nitrogens with zero attached hydrogens (tertiary/aromatic N) is 2. The van der Waals surface area contributed by atoms with Crippen molar-refractivity contribution in [3.05, 3.63) is 39.8 Å². The van der Waals surface area contributed by atoms with Gasteiger partial charge in [-0.25, -0.2) is 9.89 Å². The molecule has 1 aromatic heterocycles. The molecule has 0 radical (unpaired) electrons. The van der Waals surface area contributed by atoms with Gasteiger partial charge in [-0.1, -0.05) is 30.8 Å². The molecular weight excluding hydrogens is 354 g/mol. The van der Waals surface area contributed by atoms with Crippen molar-refractivity contribution in [2.45, 2.75) is 38.9 Å². The van der Waals surface area contributed by atoms with E-state index < -0.39 is 0 Å². The summed E-state index contributed by atoms with van der Waals surface area (Å²) in [5.41, 5.74) is 2.52. The van der Waals surface area contributed by atoms with Crippen LogP contribution in [0.4, 0.5) is 5.69 Å². The summed E-state index contributed by atoms with van der Waals surface area (Å²) in [5.74, 6) is -0.519. The molecule has 2 rings (SSSR count). The Kier molecular flexibility index (Phi) is 7.02. The summed E-state index contributed by atoms with van der Waals surface area (Å²) < 4.78 is 1.49. The van der Waals surface area contributed by atoms with E-state index in [1.807, 2.05) is 39.0 Å². The molecule has 0 atom stereocenters. The molecule has 0 aliphatic rings. The predicted octanol–water partition coefficient (Wildman–Crippen LogP) is 1.45. The van der Waals surface area contributed by atoms with Gasteiger partial charge < -0.3 is 10.6 Å². The van der Waals surface area contributed by atoms with Crippen LogP contribution in [0.3, 0.4) is 0 Å². The molecule has 0 unspecified atom stereocenters. The first-order valence-corrected chi connectivity index (χ1v) is 9.31. The molecule has 0 aliphatic heterocycles. The Balaban J connectivity index is 1.81. The van der Waals surface area contributed by atoms with E-state index >= 15 is 0 Å². The predicted molar refractivity (Wildman–Crippen MR) is 101 cm³/mol. The van der Waals surface area contributed by atoms with E-state index in [1.54, 1.807) is 0 Å². The number of hydrogen-bond donors (Lipinski definition) is 3. The maximum atomic E-state index is 12.0. The Bertz CT molecular complexity index is 843. The van der Waals surface area contributed by atoms with Crippen LogP contribution in [-0.4, -0.2) is 38.9 Å². The third kappa shape index (κ3) is 5.22. The van der Waals surface area contributed by atoms with E-state index in [-0.39, 0.29) is 29.8 Å². The monoisotopic (exact) mass is 377 g/mol. The van der Waals surface area contributed by atoms with Gasteiger partial charge in [-0.3, -0.25) is 14.2 Å². The van der Waals surface area contributed by atoms with Gasteiger partial charge in [-0.2, -0.15) is 0 Å². The molecular formula is C17H23N5O3S. The number of rotatable bonds is 8. The first-order valence-electron chi connectivity index (χ1n) is 8.33. The van der Waals surface area contributed by atoms with Crippen LogP contribution in [0.15, 0.2) is 28.2 Å². The van der Waals surface area contributed by atoms with E-state index in [9.17, 15) is 14.4 Å². The number of aromatic nitrogens is 3. The van der Waals surface area contributed by atoms with Crippen molar-refractivity contribution in [2.75, 3.05) is 17.6 Å². The fraction of sp³-hybridized carbons (Fsp3) is 0.412. The largest absolute Gasteiger partial charge is 0.346 e. The summed E-state index contributed by atoms with van der Waals surface area (Å²) >= 11 is 1.15. The van der Waals surface area contributed by atoms with Crippen molar-refractivity contribution in [2.24, 2.45) is 0 Å². The average Bonchev–Trinajstić information content (AvgIpc) is 2.96. The number of carbonyl (C=O) groups excluding carboxylic acids is 2. The highest BCUT2D eigenvalue weighted by Gasteiger charge is 2.12. The first-order chi connectivity index (χ1) is 12.4. The number of amides is 2. The maximum absolute atomic E-state index is 12.0. The van der Waals surface area contributed by atoms with Crippen molar-refractivity contribution in [3.8, 4) is 0 Å². The molecule has 0 bridgehead atoms. The third-order valence-corrected chi connectivity index (χ3v) is 4.80. The first kappa shape index (κ1) is 19.8. The minimum atomic E-state index is -0.301. The Labute approximate surface area is 155 Å². The fourth-order valence-electron chi connectivity index (χ4n) is 2.28. The van der Waals surface area contributed by atoms with Crippen molar-refractivity contribution < 1.29 is 9.59 Å². The Morgan fingerprint density at radius 2 is 2.04 bits per heavy atom. The van der Waals surface area contributed by atoms with Crippen molar-refractivity contribution in [1.82, 2.24) is 20.1 Å². The van der Waals surface area contributed by atoms with Crippen molar-refractivity contribution in [3.63, 3.8) is 0 Å². The number of H-pyrrole nitrogens is 1. The Morgan fingerprint density at radius 1 is 1.27 bits per heavy atom. The second-order valence-electron chi connectivity index (χ2n) is 5.82. The van der Waals surface area contributed by atoms with Gasteiger partial charge in [0, 0.05) is 12.2 Å². The van der Waals surface area contributed by atoms with Crippen molar-refractivity contribution >= 4 is 29.3 Å². The quantitative estimate of drug-likeness (QED) is 0.603. The van der Waals surface area contributed by atoms with Crippen LogP contribution >= 0.6 is 11.8 Å². The zero-order valence-electron chi connectivity index (χ0n) is 15.1. The number of nitrogens with one attached hydrogen (secondary N) is 3. The number of benzene rings is 1. The van der Waals surface area contributed by atoms with Gasteiger partial charge in [0.15, 0.2) is 5.16 Å². The van der Waals surface area contributed by atoms with Crippen LogP contribution in [0.2, 0.25) is 0 Å². The topological polar surface area (TPSA) is 109 Å². The van der Waals surface area contributed by atoms with E-state index in [1.165, 1.54) is 4.57 Å².